The number of rotatable bonds is 20. The van der Waals surface area contributed by atoms with Crippen molar-refractivity contribution in [3.8, 4) is 0 Å². The van der Waals surface area contributed by atoms with Crippen LogP contribution in [-0.4, -0.2) is 110 Å². The zero-order valence-electron chi connectivity index (χ0n) is 28.7. The lowest BCUT2D eigenvalue weighted by Gasteiger charge is -2.38. The molecule has 0 radical (unpaired) electrons. The van der Waals surface area contributed by atoms with Crippen LogP contribution in [0.1, 0.15) is 37.3 Å². The largest absolute Gasteiger partial charge is 0.461 e. The minimum atomic E-state index is -1.23. The Balaban J connectivity index is 1.85. The molecule has 3 rings (SSSR count). The Bertz CT molecular complexity index is 1180. The number of anilines is 1. The van der Waals surface area contributed by atoms with E-state index < -0.39 is 21.7 Å². The van der Waals surface area contributed by atoms with Gasteiger partial charge in [0.15, 0.2) is 11.2 Å². The molecule has 45 heavy (non-hydrogen) atoms. The normalized spacial score (nSPS) is 19.3. The van der Waals surface area contributed by atoms with E-state index in [1.807, 2.05) is 10.7 Å². The second-order valence-electron chi connectivity index (χ2n) is 14.2. The highest BCUT2D eigenvalue weighted by Gasteiger charge is 2.45. The van der Waals surface area contributed by atoms with E-state index in [1.165, 1.54) is 0 Å². The van der Waals surface area contributed by atoms with Crippen molar-refractivity contribution in [3.63, 3.8) is 0 Å². The minimum Gasteiger partial charge on any atom is -0.461 e. The molecule has 0 atom stereocenters. The Kier molecular flexibility index (Phi) is 15.2. The molecule has 0 amide bonds. The van der Waals surface area contributed by atoms with Crippen LogP contribution in [-0.2, 0) is 33.2 Å². The first-order valence-corrected chi connectivity index (χ1v) is 24.5. The van der Waals surface area contributed by atoms with Gasteiger partial charge in [-0.2, -0.15) is 9.61 Å². The standard InChI is InChI=1S/C31H55IN4O7Si2/c1-38-13-15-42-30(37)31(43-16-14-39-2)11-9-25(10-12-31)27-21-28(36-29(34-27)26(32)22-33-36)35(23-40-17-19-44(3,4)5)24-41-18-20-45(6,7)8/h21-22,25H,9-20,23-24H2,1-8H3. The van der Waals surface area contributed by atoms with Gasteiger partial charge in [0.05, 0.1) is 29.6 Å². The molecular weight excluding hydrogens is 723 g/mol. The summed E-state index contributed by atoms with van der Waals surface area (Å²) in [4.78, 5) is 20.5. The van der Waals surface area contributed by atoms with E-state index in [9.17, 15) is 4.79 Å². The van der Waals surface area contributed by atoms with Crippen LogP contribution in [0.25, 0.3) is 5.65 Å². The minimum absolute atomic E-state index is 0.146. The molecule has 256 valence electrons. The molecule has 2 aromatic heterocycles. The molecular formula is C31H55IN4O7Si2. The van der Waals surface area contributed by atoms with Crippen molar-refractivity contribution in [2.75, 3.05) is 72.2 Å². The molecule has 0 unspecified atom stereocenters. The number of fused-ring (bicyclic) bond motifs is 1. The van der Waals surface area contributed by atoms with E-state index >= 15 is 0 Å². The number of ether oxygens (including phenoxy) is 6. The van der Waals surface area contributed by atoms with Crippen molar-refractivity contribution >= 4 is 56.2 Å². The summed E-state index contributed by atoms with van der Waals surface area (Å²) in [6.45, 7) is 17.7. The molecule has 11 nitrogen and oxygen atoms in total. The molecule has 0 aromatic carbocycles. The molecule has 1 aliphatic rings. The predicted octanol–water partition coefficient (Wildman–Crippen LogP) is 6.01. The fourth-order valence-corrected chi connectivity index (χ4v) is 7.09. The number of aromatic nitrogens is 3. The predicted molar refractivity (Wildman–Crippen MR) is 191 cm³/mol. The molecule has 14 heteroatoms. The van der Waals surface area contributed by atoms with Gasteiger partial charge >= 0.3 is 5.97 Å². The van der Waals surface area contributed by atoms with E-state index in [1.54, 1.807) is 14.2 Å². The van der Waals surface area contributed by atoms with Crippen molar-refractivity contribution in [1.82, 2.24) is 14.6 Å². The summed E-state index contributed by atoms with van der Waals surface area (Å²) in [5, 5.41) is 4.69. The average molecular weight is 779 g/mol. The summed E-state index contributed by atoms with van der Waals surface area (Å²) in [6, 6.07) is 4.32. The van der Waals surface area contributed by atoms with Crippen LogP contribution >= 0.6 is 22.6 Å². The number of carbonyl (C=O) groups is 1. The quantitative estimate of drug-likeness (QED) is 0.0522. The maximum absolute atomic E-state index is 13.2. The van der Waals surface area contributed by atoms with Gasteiger partial charge in [0.25, 0.3) is 0 Å². The molecule has 1 aliphatic carbocycles. The Morgan fingerprint density at radius 2 is 1.51 bits per heavy atom. The zero-order valence-corrected chi connectivity index (χ0v) is 32.8. The topological polar surface area (TPSA) is 106 Å². The number of nitrogens with zero attached hydrogens (tertiary/aromatic N) is 4. The van der Waals surface area contributed by atoms with Crippen LogP contribution < -0.4 is 4.90 Å². The molecule has 0 bridgehead atoms. The van der Waals surface area contributed by atoms with Gasteiger partial charge in [-0.05, 0) is 60.4 Å². The molecule has 0 aliphatic heterocycles. The van der Waals surface area contributed by atoms with Crippen LogP contribution in [0, 0.1) is 3.57 Å². The first kappa shape index (κ1) is 38.3. The van der Waals surface area contributed by atoms with E-state index in [0.29, 0.717) is 59.3 Å². The van der Waals surface area contributed by atoms with E-state index in [-0.39, 0.29) is 18.5 Å². The Labute approximate surface area is 285 Å². The van der Waals surface area contributed by atoms with Crippen molar-refractivity contribution in [1.29, 1.82) is 0 Å². The monoisotopic (exact) mass is 778 g/mol. The maximum Gasteiger partial charge on any atom is 0.338 e. The number of methoxy groups -OCH3 is 2. The lowest BCUT2D eigenvalue weighted by atomic mass is 9.77. The van der Waals surface area contributed by atoms with Gasteiger partial charge in [-0.15, -0.1) is 0 Å². The fourth-order valence-electron chi connectivity index (χ4n) is 5.11. The van der Waals surface area contributed by atoms with Gasteiger partial charge in [-0.1, -0.05) is 39.3 Å². The fraction of sp³-hybridized carbons (Fsp3) is 0.774. The van der Waals surface area contributed by atoms with E-state index in [4.69, 9.17) is 33.4 Å². The number of hydrogen-bond acceptors (Lipinski definition) is 10. The number of carbonyl (C=O) groups excluding carboxylic acids is 1. The number of esters is 1. The van der Waals surface area contributed by atoms with Crippen molar-refractivity contribution in [2.45, 2.75) is 88.6 Å². The summed E-state index contributed by atoms with van der Waals surface area (Å²) in [6.07, 6.45) is 4.39. The summed E-state index contributed by atoms with van der Waals surface area (Å²) < 4.78 is 37.4. The lowest BCUT2D eigenvalue weighted by molar-refractivity contribution is -0.180. The summed E-state index contributed by atoms with van der Waals surface area (Å²) in [5.74, 6) is 0.708. The van der Waals surface area contributed by atoms with Crippen LogP contribution in [0.2, 0.25) is 51.4 Å². The van der Waals surface area contributed by atoms with Gasteiger partial charge < -0.3 is 33.3 Å². The molecule has 0 N–H and O–H groups in total. The molecule has 2 heterocycles. The smallest absolute Gasteiger partial charge is 0.338 e. The van der Waals surface area contributed by atoms with Crippen LogP contribution in [0.3, 0.4) is 0 Å². The third-order valence-corrected chi connectivity index (χ3v) is 12.2. The summed E-state index contributed by atoms with van der Waals surface area (Å²) >= 11 is 2.30. The van der Waals surface area contributed by atoms with Gasteiger partial charge in [0, 0.05) is 61.3 Å². The van der Waals surface area contributed by atoms with Crippen molar-refractivity contribution in [3.05, 3.63) is 21.5 Å². The van der Waals surface area contributed by atoms with Crippen molar-refractivity contribution in [2.24, 2.45) is 0 Å². The van der Waals surface area contributed by atoms with Crippen LogP contribution in [0.4, 0.5) is 5.82 Å². The summed E-state index contributed by atoms with van der Waals surface area (Å²) in [7, 11) is 0.755. The first-order valence-electron chi connectivity index (χ1n) is 16.0. The van der Waals surface area contributed by atoms with Crippen LogP contribution in [0.5, 0.6) is 0 Å². The third-order valence-electron chi connectivity index (χ3n) is 8.01. The summed E-state index contributed by atoms with van der Waals surface area (Å²) in [5.41, 5.74) is 0.786. The second kappa shape index (κ2) is 17.8. The Morgan fingerprint density at radius 3 is 2.07 bits per heavy atom. The molecule has 2 aromatic rings. The average Bonchev–Trinajstić information content (AvgIpc) is 3.35. The SMILES string of the molecule is COCCOC(=O)C1(OCCOC)CCC(c2cc(N(COCC[Si](C)(C)C)COCC[Si](C)(C)C)n3ncc(I)c3n2)CC1. The molecule has 0 saturated heterocycles. The molecule has 0 spiro atoms. The van der Waals surface area contributed by atoms with Crippen LogP contribution in [0.15, 0.2) is 12.3 Å². The molecule has 1 saturated carbocycles. The van der Waals surface area contributed by atoms with E-state index in [0.717, 1.165) is 45.7 Å². The lowest BCUT2D eigenvalue weighted by Crippen LogP contribution is -2.46. The van der Waals surface area contributed by atoms with Gasteiger partial charge in [-0.25, -0.2) is 9.78 Å². The zero-order chi connectivity index (χ0) is 33.1. The number of hydrogen-bond donors (Lipinski definition) is 0. The maximum atomic E-state index is 13.2. The van der Waals surface area contributed by atoms with Gasteiger partial charge in [-0.3, -0.25) is 0 Å². The second-order valence-corrected chi connectivity index (χ2v) is 26.6. The highest BCUT2D eigenvalue weighted by Crippen LogP contribution is 2.41. The van der Waals surface area contributed by atoms with Gasteiger partial charge in [0.1, 0.15) is 25.9 Å². The van der Waals surface area contributed by atoms with Gasteiger partial charge in [0.2, 0.25) is 0 Å². The highest BCUT2D eigenvalue weighted by atomic mass is 127. The van der Waals surface area contributed by atoms with Crippen molar-refractivity contribution < 1.29 is 33.2 Å². The highest BCUT2D eigenvalue weighted by molar-refractivity contribution is 14.1. The Hall–Kier alpha value is -1.15. The molecule has 1 fully saturated rings. The third kappa shape index (κ3) is 12.1. The number of halogens is 1. The van der Waals surface area contributed by atoms with E-state index in [2.05, 4.69) is 77.9 Å². The first-order chi connectivity index (χ1) is 21.3. The Morgan fingerprint density at radius 1 is 0.933 bits per heavy atom.